The lowest BCUT2D eigenvalue weighted by Crippen LogP contribution is -2.28. The van der Waals surface area contributed by atoms with Crippen molar-refractivity contribution in [2.75, 3.05) is 0 Å². The van der Waals surface area contributed by atoms with Gasteiger partial charge >= 0.3 is 6.18 Å². The Morgan fingerprint density at radius 2 is 1.85 bits per heavy atom. The summed E-state index contributed by atoms with van der Waals surface area (Å²) in [7, 11) is 0. The molecule has 0 unspecified atom stereocenters. The number of para-hydroxylation sites is 1. The van der Waals surface area contributed by atoms with Gasteiger partial charge in [-0.25, -0.2) is 0 Å². The van der Waals surface area contributed by atoms with Crippen molar-refractivity contribution in [2.45, 2.75) is 31.5 Å². The predicted octanol–water partition coefficient (Wildman–Crippen LogP) is 5.43. The molecule has 0 radical (unpaired) electrons. The van der Waals surface area contributed by atoms with Crippen molar-refractivity contribution < 1.29 is 22.4 Å². The molecule has 6 heteroatoms. The van der Waals surface area contributed by atoms with Crippen molar-refractivity contribution >= 4 is 16.9 Å². The van der Waals surface area contributed by atoms with Gasteiger partial charge < -0.3 is 9.73 Å². The number of alkyl halides is 3. The molecule has 1 amide bonds. The Labute approximate surface area is 154 Å². The Balaban J connectivity index is 1.39. The van der Waals surface area contributed by atoms with Crippen molar-refractivity contribution in [2.24, 2.45) is 5.92 Å². The summed E-state index contributed by atoms with van der Waals surface area (Å²) in [6.45, 7) is 1.85. The molecule has 0 saturated heterocycles. The molecule has 3 nitrogen and oxygen atoms in total. The molecule has 27 heavy (non-hydrogen) atoms. The molecule has 0 bridgehead atoms. The van der Waals surface area contributed by atoms with Crippen LogP contribution in [0.2, 0.25) is 0 Å². The topological polar surface area (TPSA) is 42.2 Å². The van der Waals surface area contributed by atoms with E-state index in [4.69, 9.17) is 4.42 Å². The average Bonchev–Trinajstić information content (AvgIpc) is 3.32. The van der Waals surface area contributed by atoms with Gasteiger partial charge in [0.15, 0.2) is 0 Å². The van der Waals surface area contributed by atoms with Crippen LogP contribution in [-0.4, -0.2) is 5.91 Å². The van der Waals surface area contributed by atoms with Crippen LogP contribution in [0.1, 0.15) is 42.2 Å². The minimum atomic E-state index is -4.35. The van der Waals surface area contributed by atoms with E-state index in [-0.39, 0.29) is 23.8 Å². The van der Waals surface area contributed by atoms with Gasteiger partial charge in [0.2, 0.25) is 5.91 Å². The summed E-state index contributed by atoms with van der Waals surface area (Å²) in [6.07, 6.45) is -3.70. The zero-order chi connectivity index (χ0) is 19.2. The summed E-state index contributed by atoms with van der Waals surface area (Å²) in [5.41, 5.74) is 0.855. The number of carbonyl (C=O) groups excluding carboxylic acids is 1. The normalized spacial score (nSPS) is 20.4. The van der Waals surface area contributed by atoms with E-state index < -0.39 is 11.7 Å². The maximum Gasteiger partial charge on any atom is 0.416 e. The first kappa shape index (κ1) is 17.6. The molecule has 3 aromatic rings. The molecule has 2 aromatic carbocycles. The number of benzene rings is 2. The summed E-state index contributed by atoms with van der Waals surface area (Å²) in [6, 6.07) is 14.3. The molecule has 0 spiro atoms. The fourth-order valence-electron chi connectivity index (χ4n) is 3.38. The number of carbonyl (C=O) groups is 1. The zero-order valence-corrected chi connectivity index (χ0v) is 14.6. The van der Waals surface area contributed by atoms with Crippen LogP contribution < -0.4 is 5.32 Å². The first-order chi connectivity index (χ1) is 12.8. The van der Waals surface area contributed by atoms with Gasteiger partial charge in [0, 0.05) is 11.3 Å². The molecule has 1 N–H and O–H groups in total. The largest absolute Gasteiger partial charge is 0.459 e. The second-order valence-electron chi connectivity index (χ2n) is 6.99. The van der Waals surface area contributed by atoms with Crippen LogP contribution in [0.5, 0.6) is 0 Å². The van der Waals surface area contributed by atoms with Gasteiger partial charge in [-0.05, 0) is 49.1 Å². The van der Waals surface area contributed by atoms with Crippen LogP contribution in [0.3, 0.4) is 0 Å². The van der Waals surface area contributed by atoms with Crippen LogP contribution in [0.4, 0.5) is 13.2 Å². The van der Waals surface area contributed by atoms with E-state index >= 15 is 0 Å². The third-order valence-corrected chi connectivity index (χ3v) is 5.02. The van der Waals surface area contributed by atoms with Crippen LogP contribution in [-0.2, 0) is 11.0 Å². The van der Waals surface area contributed by atoms with E-state index in [2.05, 4.69) is 5.32 Å². The number of hydrogen-bond donors (Lipinski definition) is 1. The standard InChI is InChI=1S/C21H18F3NO2/c1-12(19-10-14-4-2-3-5-18(14)27-19)25-20(26)17-11-16(17)13-6-8-15(9-7-13)21(22,23)24/h2-10,12,16-17H,11H2,1H3,(H,25,26)/t12-,16-,17+/m0/s1. The van der Waals surface area contributed by atoms with Crippen molar-refractivity contribution in [3.8, 4) is 0 Å². The summed E-state index contributed by atoms with van der Waals surface area (Å²) in [5, 5.41) is 3.92. The summed E-state index contributed by atoms with van der Waals surface area (Å²) < 4.78 is 43.7. The summed E-state index contributed by atoms with van der Waals surface area (Å²) >= 11 is 0. The van der Waals surface area contributed by atoms with Crippen molar-refractivity contribution in [1.82, 2.24) is 5.32 Å². The predicted molar refractivity (Wildman–Crippen MR) is 95.1 cm³/mol. The second-order valence-corrected chi connectivity index (χ2v) is 6.99. The lowest BCUT2D eigenvalue weighted by molar-refractivity contribution is -0.137. The minimum absolute atomic E-state index is 0.0323. The maximum atomic E-state index is 12.6. The maximum absolute atomic E-state index is 12.6. The Hall–Kier alpha value is -2.76. The first-order valence-corrected chi connectivity index (χ1v) is 8.79. The van der Waals surface area contributed by atoms with Crippen LogP contribution >= 0.6 is 0 Å². The Morgan fingerprint density at radius 1 is 1.15 bits per heavy atom. The molecule has 1 aliphatic rings. The Morgan fingerprint density at radius 3 is 2.52 bits per heavy atom. The number of fused-ring (bicyclic) bond motifs is 1. The van der Waals surface area contributed by atoms with Crippen molar-refractivity contribution in [3.05, 3.63) is 71.5 Å². The molecule has 0 aliphatic heterocycles. The average molecular weight is 373 g/mol. The molecule has 1 aromatic heterocycles. The SMILES string of the molecule is C[C@H](NC(=O)[C@@H]1C[C@H]1c1ccc(C(F)(F)F)cc1)c1cc2ccccc2o1. The van der Waals surface area contributed by atoms with Crippen molar-refractivity contribution in [3.63, 3.8) is 0 Å². The quantitative estimate of drug-likeness (QED) is 0.662. The molecule has 4 rings (SSSR count). The lowest BCUT2D eigenvalue weighted by Gasteiger charge is -2.11. The van der Waals surface area contributed by atoms with Gasteiger partial charge in [-0.3, -0.25) is 4.79 Å². The molecular weight excluding hydrogens is 355 g/mol. The van der Waals surface area contributed by atoms with E-state index in [0.29, 0.717) is 12.2 Å². The van der Waals surface area contributed by atoms with Gasteiger partial charge in [0.25, 0.3) is 0 Å². The van der Waals surface area contributed by atoms with Crippen LogP contribution in [0, 0.1) is 5.92 Å². The summed E-state index contributed by atoms with van der Waals surface area (Å²) in [4.78, 5) is 12.5. The number of nitrogens with one attached hydrogen (secondary N) is 1. The van der Waals surface area contributed by atoms with Gasteiger partial charge in [0.05, 0.1) is 11.6 Å². The van der Waals surface area contributed by atoms with Gasteiger partial charge in [0.1, 0.15) is 11.3 Å². The van der Waals surface area contributed by atoms with E-state index in [1.807, 2.05) is 37.3 Å². The monoisotopic (exact) mass is 373 g/mol. The van der Waals surface area contributed by atoms with Crippen LogP contribution in [0.15, 0.2) is 59.0 Å². The molecule has 1 saturated carbocycles. The number of furan rings is 1. The highest BCUT2D eigenvalue weighted by atomic mass is 19.4. The molecular formula is C21H18F3NO2. The smallest absolute Gasteiger partial charge is 0.416 e. The Bertz CT molecular complexity index is 942. The highest BCUT2D eigenvalue weighted by Gasteiger charge is 2.44. The zero-order valence-electron chi connectivity index (χ0n) is 14.6. The fourth-order valence-corrected chi connectivity index (χ4v) is 3.38. The fraction of sp³-hybridized carbons (Fsp3) is 0.286. The van der Waals surface area contributed by atoms with Gasteiger partial charge in [-0.2, -0.15) is 13.2 Å². The third-order valence-electron chi connectivity index (χ3n) is 5.02. The van der Waals surface area contributed by atoms with Gasteiger partial charge in [-0.1, -0.05) is 30.3 Å². The van der Waals surface area contributed by atoms with E-state index in [1.165, 1.54) is 12.1 Å². The molecule has 1 heterocycles. The van der Waals surface area contributed by atoms with E-state index in [9.17, 15) is 18.0 Å². The molecule has 3 atom stereocenters. The van der Waals surface area contributed by atoms with Crippen molar-refractivity contribution in [1.29, 1.82) is 0 Å². The summed E-state index contributed by atoms with van der Waals surface area (Å²) in [5.74, 6) is 0.327. The molecule has 1 fully saturated rings. The lowest BCUT2D eigenvalue weighted by atomic mass is 10.1. The number of rotatable bonds is 4. The molecule has 1 aliphatic carbocycles. The number of halogens is 3. The van der Waals surface area contributed by atoms with E-state index in [1.54, 1.807) is 0 Å². The third kappa shape index (κ3) is 3.56. The Kier molecular flexibility index (Phi) is 4.21. The van der Waals surface area contributed by atoms with Crippen LogP contribution in [0.25, 0.3) is 11.0 Å². The highest BCUT2D eigenvalue weighted by molar-refractivity contribution is 5.83. The highest BCUT2D eigenvalue weighted by Crippen LogP contribution is 2.48. The first-order valence-electron chi connectivity index (χ1n) is 8.79. The van der Waals surface area contributed by atoms with E-state index in [0.717, 1.165) is 28.7 Å². The minimum Gasteiger partial charge on any atom is -0.459 e. The van der Waals surface area contributed by atoms with Gasteiger partial charge in [-0.15, -0.1) is 0 Å². The number of amides is 1. The second kappa shape index (κ2) is 6.44. The molecule has 140 valence electrons. The number of hydrogen-bond acceptors (Lipinski definition) is 2.